The molecule has 2 rings (SSSR count). The van der Waals surface area contributed by atoms with Crippen molar-refractivity contribution >= 4 is 16.9 Å². The third-order valence-electron chi connectivity index (χ3n) is 1.96. The molecule has 0 unspecified atom stereocenters. The smallest absolute Gasteiger partial charge is 0.253 e. The van der Waals surface area contributed by atoms with Gasteiger partial charge < -0.3 is 10.1 Å². The molecule has 6 nitrogen and oxygen atoms in total. The van der Waals surface area contributed by atoms with Gasteiger partial charge in [0.25, 0.3) is 5.91 Å². The van der Waals surface area contributed by atoms with Gasteiger partial charge in [0, 0.05) is 12.7 Å². The number of rotatable bonds is 3. The van der Waals surface area contributed by atoms with Gasteiger partial charge in [0.1, 0.15) is 17.8 Å². The first-order chi connectivity index (χ1) is 7.31. The highest BCUT2D eigenvalue weighted by molar-refractivity contribution is 5.97. The van der Waals surface area contributed by atoms with E-state index in [2.05, 4.69) is 20.7 Å². The minimum atomic E-state index is -0.193. The van der Waals surface area contributed by atoms with Gasteiger partial charge in [-0.3, -0.25) is 4.79 Å². The van der Waals surface area contributed by atoms with Crippen molar-refractivity contribution in [2.75, 3.05) is 13.8 Å². The summed E-state index contributed by atoms with van der Waals surface area (Å²) in [5.74, 6) is -0.193. The van der Waals surface area contributed by atoms with Gasteiger partial charge in [-0.1, -0.05) is 0 Å². The number of carbonyl (C=O) groups is 1. The van der Waals surface area contributed by atoms with Crippen LogP contribution in [0.25, 0.3) is 11.0 Å². The van der Waals surface area contributed by atoms with Gasteiger partial charge in [-0.25, -0.2) is 0 Å². The number of methoxy groups -OCH3 is 1. The molecule has 1 heterocycles. The number of aromatic amines is 1. The van der Waals surface area contributed by atoms with Crippen LogP contribution in [0.4, 0.5) is 0 Å². The highest BCUT2D eigenvalue weighted by Crippen LogP contribution is 2.10. The van der Waals surface area contributed by atoms with Crippen molar-refractivity contribution in [3.8, 4) is 0 Å². The summed E-state index contributed by atoms with van der Waals surface area (Å²) in [4.78, 5) is 11.5. The molecule has 0 radical (unpaired) electrons. The monoisotopic (exact) mass is 206 g/mol. The summed E-state index contributed by atoms with van der Waals surface area (Å²) in [5, 5.41) is 12.9. The Morgan fingerprint density at radius 1 is 1.47 bits per heavy atom. The molecule has 0 saturated heterocycles. The fourth-order valence-corrected chi connectivity index (χ4v) is 1.22. The van der Waals surface area contributed by atoms with Crippen LogP contribution in [-0.4, -0.2) is 35.2 Å². The average molecular weight is 206 g/mol. The Morgan fingerprint density at radius 2 is 2.27 bits per heavy atom. The first-order valence-electron chi connectivity index (χ1n) is 4.39. The lowest BCUT2D eigenvalue weighted by Crippen LogP contribution is -2.25. The van der Waals surface area contributed by atoms with Crippen LogP contribution in [0.2, 0.25) is 0 Å². The predicted molar refractivity (Wildman–Crippen MR) is 53.2 cm³/mol. The molecular weight excluding hydrogens is 196 g/mol. The number of nitrogens with zero attached hydrogens (tertiary/aromatic N) is 2. The minimum absolute atomic E-state index is 0.190. The molecule has 6 heteroatoms. The van der Waals surface area contributed by atoms with Gasteiger partial charge in [0.15, 0.2) is 0 Å². The van der Waals surface area contributed by atoms with Crippen LogP contribution < -0.4 is 5.32 Å². The molecule has 0 spiro atoms. The van der Waals surface area contributed by atoms with Crippen molar-refractivity contribution in [2.24, 2.45) is 0 Å². The first kappa shape index (κ1) is 9.60. The number of hydrogen-bond donors (Lipinski definition) is 2. The maximum Gasteiger partial charge on any atom is 0.253 e. The quantitative estimate of drug-likeness (QED) is 0.707. The predicted octanol–water partition coefficient (Wildman–Crippen LogP) is 0.292. The summed E-state index contributed by atoms with van der Waals surface area (Å²) in [6.45, 7) is 0.190. The number of amides is 1. The Morgan fingerprint density at radius 3 is 3.07 bits per heavy atom. The summed E-state index contributed by atoms with van der Waals surface area (Å²) >= 11 is 0. The van der Waals surface area contributed by atoms with E-state index in [4.69, 9.17) is 4.74 Å². The standard InChI is InChI=1S/C9H10N4O2/c1-15-5-10-9(14)6-2-3-7-8(4-6)12-13-11-7/h2-4H,5H2,1H3,(H,10,14)(H,11,12,13). The molecule has 1 aromatic heterocycles. The third kappa shape index (κ3) is 1.94. The van der Waals surface area contributed by atoms with Crippen LogP contribution in [-0.2, 0) is 4.74 Å². The topological polar surface area (TPSA) is 79.9 Å². The van der Waals surface area contributed by atoms with Gasteiger partial charge in [-0.15, -0.1) is 0 Å². The van der Waals surface area contributed by atoms with Crippen LogP contribution in [0.3, 0.4) is 0 Å². The lowest BCUT2D eigenvalue weighted by molar-refractivity contribution is 0.0872. The SMILES string of the molecule is COCNC(=O)c1ccc2n[nH]nc2c1. The van der Waals surface area contributed by atoms with Gasteiger partial charge in [0.2, 0.25) is 0 Å². The molecule has 0 atom stereocenters. The summed E-state index contributed by atoms with van der Waals surface area (Å²) < 4.78 is 4.74. The summed E-state index contributed by atoms with van der Waals surface area (Å²) in [6, 6.07) is 5.10. The molecule has 1 amide bonds. The molecule has 0 aliphatic heterocycles. The van der Waals surface area contributed by atoms with Crippen molar-refractivity contribution in [1.82, 2.24) is 20.7 Å². The van der Waals surface area contributed by atoms with Crippen LogP contribution >= 0.6 is 0 Å². The summed E-state index contributed by atoms with van der Waals surface area (Å²) in [7, 11) is 1.51. The highest BCUT2D eigenvalue weighted by Gasteiger charge is 2.06. The number of benzene rings is 1. The molecule has 0 bridgehead atoms. The van der Waals surface area contributed by atoms with Crippen molar-refractivity contribution in [3.05, 3.63) is 23.8 Å². The van der Waals surface area contributed by atoms with Crippen LogP contribution in [0.1, 0.15) is 10.4 Å². The fraction of sp³-hybridized carbons (Fsp3) is 0.222. The van der Waals surface area contributed by atoms with E-state index in [0.29, 0.717) is 11.1 Å². The molecule has 0 fully saturated rings. The van der Waals surface area contributed by atoms with Crippen molar-refractivity contribution in [2.45, 2.75) is 0 Å². The van der Waals surface area contributed by atoms with E-state index in [-0.39, 0.29) is 12.6 Å². The molecule has 0 saturated carbocycles. The van der Waals surface area contributed by atoms with Gasteiger partial charge in [-0.2, -0.15) is 15.4 Å². The third-order valence-corrected chi connectivity index (χ3v) is 1.96. The van der Waals surface area contributed by atoms with E-state index in [1.54, 1.807) is 18.2 Å². The Balaban J connectivity index is 2.23. The Bertz CT molecular complexity index is 480. The van der Waals surface area contributed by atoms with E-state index in [1.165, 1.54) is 7.11 Å². The number of carbonyl (C=O) groups excluding carboxylic acids is 1. The molecule has 0 aliphatic carbocycles. The van der Waals surface area contributed by atoms with Crippen LogP contribution in [0.5, 0.6) is 0 Å². The van der Waals surface area contributed by atoms with E-state index < -0.39 is 0 Å². The average Bonchev–Trinajstić information content (AvgIpc) is 2.72. The number of H-pyrrole nitrogens is 1. The molecule has 78 valence electrons. The summed E-state index contributed by atoms with van der Waals surface area (Å²) in [5.41, 5.74) is 1.94. The maximum absolute atomic E-state index is 11.5. The lowest BCUT2D eigenvalue weighted by atomic mass is 10.2. The van der Waals surface area contributed by atoms with Crippen molar-refractivity contribution in [1.29, 1.82) is 0 Å². The van der Waals surface area contributed by atoms with Gasteiger partial charge in [0.05, 0.1) is 0 Å². The first-order valence-corrected chi connectivity index (χ1v) is 4.39. The minimum Gasteiger partial charge on any atom is -0.364 e. The molecule has 2 aromatic rings. The molecular formula is C9H10N4O2. The molecule has 0 aliphatic rings. The van der Waals surface area contributed by atoms with E-state index in [9.17, 15) is 4.79 Å². The van der Waals surface area contributed by atoms with Crippen LogP contribution in [0, 0.1) is 0 Å². The zero-order chi connectivity index (χ0) is 10.7. The van der Waals surface area contributed by atoms with Crippen LogP contribution in [0.15, 0.2) is 18.2 Å². The fourth-order valence-electron chi connectivity index (χ4n) is 1.22. The number of fused-ring (bicyclic) bond motifs is 1. The highest BCUT2D eigenvalue weighted by atomic mass is 16.5. The van der Waals surface area contributed by atoms with Crippen molar-refractivity contribution in [3.63, 3.8) is 0 Å². The normalized spacial score (nSPS) is 10.5. The number of ether oxygens (including phenoxy) is 1. The zero-order valence-electron chi connectivity index (χ0n) is 8.15. The van der Waals surface area contributed by atoms with E-state index in [1.807, 2.05) is 0 Å². The Kier molecular flexibility index (Phi) is 2.59. The zero-order valence-corrected chi connectivity index (χ0v) is 8.15. The van der Waals surface area contributed by atoms with Gasteiger partial charge >= 0.3 is 0 Å². The van der Waals surface area contributed by atoms with E-state index >= 15 is 0 Å². The second-order valence-corrected chi connectivity index (χ2v) is 2.97. The Hall–Kier alpha value is -1.95. The second kappa shape index (κ2) is 4.05. The maximum atomic E-state index is 11.5. The summed E-state index contributed by atoms with van der Waals surface area (Å²) in [6.07, 6.45) is 0. The van der Waals surface area contributed by atoms with Gasteiger partial charge in [-0.05, 0) is 18.2 Å². The van der Waals surface area contributed by atoms with E-state index in [0.717, 1.165) is 5.52 Å². The number of hydrogen-bond acceptors (Lipinski definition) is 4. The molecule has 1 aromatic carbocycles. The Labute approximate surface area is 85.6 Å². The number of aromatic nitrogens is 3. The second-order valence-electron chi connectivity index (χ2n) is 2.97. The lowest BCUT2D eigenvalue weighted by Gasteiger charge is -2.02. The molecule has 15 heavy (non-hydrogen) atoms. The largest absolute Gasteiger partial charge is 0.364 e. The van der Waals surface area contributed by atoms with Crippen molar-refractivity contribution < 1.29 is 9.53 Å². The number of nitrogens with one attached hydrogen (secondary N) is 2. The molecule has 2 N–H and O–H groups in total.